The zero-order valence-electron chi connectivity index (χ0n) is 21.5. The summed E-state index contributed by atoms with van der Waals surface area (Å²) in [6.45, 7) is 1.76. The topological polar surface area (TPSA) is 104 Å². The first-order valence-corrected chi connectivity index (χ1v) is 12.5. The number of carbonyl (C=O) groups is 1. The highest BCUT2D eigenvalue weighted by Gasteiger charge is 2.53. The van der Waals surface area contributed by atoms with Crippen LogP contribution in [0.15, 0.2) is 84.9 Å². The van der Waals surface area contributed by atoms with E-state index in [0.29, 0.717) is 5.75 Å². The fraction of sp³-hybridized carbons (Fsp3) is 0.367. The number of ether oxygens (including phenoxy) is 5. The van der Waals surface area contributed by atoms with Gasteiger partial charge in [-0.2, -0.15) is 0 Å². The van der Waals surface area contributed by atoms with Crippen LogP contribution < -0.4 is 4.74 Å². The lowest BCUT2D eigenvalue weighted by atomic mass is 9.84. The highest BCUT2D eigenvalue weighted by molar-refractivity contribution is 5.66. The summed E-state index contributed by atoms with van der Waals surface area (Å²) in [5.41, 5.74) is 2.65. The molecule has 0 aliphatic heterocycles. The number of benzene rings is 3. The predicted molar refractivity (Wildman–Crippen MR) is 139 cm³/mol. The standard InChI is InChI=1S/C30H34O8/c1-20(31)38-27-25(32)28(35-17-21-9-5-3-6-10-21)30(37-18-22-11-7-4-8-12-22)29(26(27)33)36-19-23-13-15-24(34-2)16-14-23/h3-16,25-30,32-33H,17-19H2,1-2H3/t25-,26-,27-,28+,29-,30-/m0/s1. The fourth-order valence-electron chi connectivity index (χ4n) is 4.51. The molecule has 38 heavy (non-hydrogen) atoms. The average Bonchev–Trinajstić information content (AvgIpc) is 2.94. The molecule has 1 aliphatic carbocycles. The van der Waals surface area contributed by atoms with Crippen molar-refractivity contribution in [3.63, 3.8) is 0 Å². The van der Waals surface area contributed by atoms with Crippen LogP contribution in [0.25, 0.3) is 0 Å². The SMILES string of the molecule is COc1ccc(CO[C@H]2[C@@H](O)[C@@H](OC(C)=O)[C@H](O)[C@@H](OCc3ccccc3)[C@@H]2OCc2ccccc2)cc1. The zero-order chi connectivity index (χ0) is 26.9. The Morgan fingerprint density at radius 1 is 0.632 bits per heavy atom. The van der Waals surface area contributed by atoms with E-state index in [0.717, 1.165) is 16.7 Å². The van der Waals surface area contributed by atoms with Crippen molar-refractivity contribution in [2.75, 3.05) is 7.11 Å². The second-order valence-electron chi connectivity index (χ2n) is 9.20. The van der Waals surface area contributed by atoms with Crippen molar-refractivity contribution in [3.05, 3.63) is 102 Å². The Morgan fingerprint density at radius 3 is 1.47 bits per heavy atom. The monoisotopic (exact) mass is 522 g/mol. The number of esters is 1. The van der Waals surface area contributed by atoms with Crippen LogP contribution in [0.1, 0.15) is 23.6 Å². The summed E-state index contributed by atoms with van der Waals surface area (Å²) in [5.74, 6) is 0.0791. The van der Waals surface area contributed by atoms with Crippen molar-refractivity contribution >= 4 is 5.97 Å². The Morgan fingerprint density at radius 2 is 1.05 bits per heavy atom. The molecule has 0 spiro atoms. The number of carbonyl (C=O) groups excluding carboxylic acids is 1. The highest BCUT2D eigenvalue weighted by atomic mass is 16.6. The molecule has 3 aromatic carbocycles. The van der Waals surface area contributed by atoms with E-state index in [-0.39, 0.29) is 19.8 Å². The lowest BCUT2D eigenvalue weighted by Gasteiger charge is -2.46. The van der Waals surface area contributed by atoms with Crippen LogP contribution >= 0.6 is 0 Å². The molecule has 0 aromatic heterocycles. The molecule has 0 heterocycles. The van der Waals surface area contributed by atoms with Crippen molar-refractivity contribution in [2.24, 2.45) is 0 Å². The third-order valence-corrected chi connectivity index (χ3v) is 6.47. The first kappa shape index (κ1) is 27.8. The smallest absolute Gasteiger partial charge is 0.303 e. The second-order valence-corrected chi connectivity index (χ2v) is 9.20. The van der Waals surface area contributed by atoms with Crippen LogP contribution in [0.4, 0.5) is 0 Å². The van der Waals surface area contributed by atoms with E-state index in [9.17, 15) is 15.0 Å². The summed E-state index contributed by atoms with van der Waals surface area (Å²) >= 11 is 0. The molecule has 3 aromatic rings. The van der Waals surface area contributed by atoms with E-state index in [1.165, 1.54) is 6.92 Å². The maximum absolute atomic E-state index is 11.9. The zero-order valence-corrected chi connectivity index (χ0v) is 21.5. The van der Waals surface area contributed by atoms with Crippen molar-refractivity contribution in [1.29, 1.82) is 0 Å². The van der Waals surface area contributed by atoms with Gasteiger partial charge in [0, 0.05) is 6.92 Å². The number of aliphatic hydroxyl groups is 2. The van der Waals surface area contributed by atoms with Crippen LogP contribution in [0, 0.1) is 0 Å². The van der Waals surface area contributed by atoms with E-state index in [1.807, 2.05) is 84.9 Å². The van der Waals surface area contributed by atoms with Crippen molar-refractivity contribution in [3.8, 4) is 5.75 Å². The van der Waals surface area contributed by atoms with E-state index in [2.05, 4.69) is 0 Å². The lowest BCUT2D eigenvalue weighted by Crippen LogP contribution is -2.66. The van der Waals surface area contributed by atoms with Crippen LogP contribution in [-0.4, -0.2) is 59.9 Å². The number of methoxy groups -OCH3 is 1. The molecule has 202 valence electrons. The maximum atomic E-state index is 11.9. The summed E-state index contributed by atoms with van der Waals surface area (Å²) in [4.78, 5) is 11.9. The van der Waals surface area contributed by atoms with Gasteiger partial charge in [0.25, 0.3) is 0 Å². The number of aliphatic hydroxyl groups excluding tert-OH is 2. The van der Waals surface area contributed by atoms with Crippen LogP contribution in [0.2, 0.25) is 0 Å². The summed E-state index contributed by atoms with van der Waals surface area (Å²) in [5, 5.41) is 22.5. The Balaban J connectivity index is 1.60. The van der Waals surface area contributed by atoms with E-state index in [1.54, 1.807) is 7.11 Å². The van der Waals surface area contributed by atoms with Crippen LogP contribution in [-0.2, 0) is 43.6 Å². The summed E-state index contributed by atoms with van der Waals surface area (Å²) in [7, 11) is 1.59. The lowest BCUT2D eigenvalue weighted by molar-refractivity contribution is -0.267. The molecule has 2 N–H and O–H groups in total. The molecule has 0 amide bonds. The van der Waals surface area contributed by atoms with Crippen LogP contribution in [0.3, 0.4) is 0 Å². The first-order valence-electron chi connectivity index (χ1n) is 12.5. The van der Waals surface area contributed by atoms with Gasteiger partial charge in [0.15, 0.2) is 6.10 Å². The fourth-order valence-corrected chi connectivity index (χ4v) is 4.51. The van der Waals surface area contributed by atoms with Gasteiger partial charge in [0.05, 0.1) is 26.9 Å². The molecule has 0 unspecified atom stereocenters. The van der Waals surface area contributed by atoms with Gasteiger partial charge in [-0.25, -0.2) is 0 Å². The summed E-state index contributed by atoms with van der Waals surface area (Å²) < 4.78 is 29.2. The molecule has 0 radical (unpaired) electrons. The molecule has 4 rings (SSSR count). The molecule has 0 bridgehead atoms. The van der Waals surface area contributed by atoms with Gasteiger partial charge < -0.3 is 33.9 Å². The summed E-state index contributed by atoms with van der Waals surface area (Å²) in [6, 6.07) is 26.4. The number of rotatable bonds is 11. The normalized spacial score (nSPS) is 25.1. The summed E-state index contributed by atoms with van der Waals surface area (Å²) in [6.07, 6.45) is -6.75. The minimum absolute atomic E-state index is 0.144. The second kappa shape index (κ2) is 13.5. The van der Waals surface area contributed by atoms with Gasteiger partial charge in [-0.3, -0.25) is 4.79 Å². The van der Waals surface area contributed by atoms with E-state index < -0.39 is 42.6 Å². The number of hydrogen-bond donors (Lipinski definition) is 2. The Bertz CT molecular complexity index is 1120. The highest BCUT2D eigenvalue weighted by Crippen LogP contribution is 2.32. The quantitative estimate of drug-likeness (QED) is 0.370. The molecular weight excluding hydrogens is 488 g/mol. The third-order valence-electron chi connectivity index (χ3n) is 6.47. The largest absolute Gasteiger partial charge is 0.497 e. The predicted octanol–water partition coefficient (Wildman–Crippen LogP) is 3.42. The van der Waals surface area contributed by atoms with Crippen molar-refractivity contribution in [1.82, 2.24) is 0 Å². The number of hydrogen-bond acceptors (Lipinski definition) is 8. The minimum atomic E-state index is -1.36. The molecule has 1 saturated carbocycles. The minimum Gasteiger partial charge on any atom is -0.497 e. The van der Waals surface area contributed by atoms with Gasteiger partial charge in [0.1, 0.15) is 36.3 Å². The van der Waals surface area contributed by atoms with E-state index in [4.69, 9.17) is 23.7 Å². The molecule has 8 nitrogen and oxygen atoms in total. The Kier molecular flexibility index (Phi) is 9.86. The average molecular weight is 523 g/mol. The van der Waals surface area contributed by atoms with E-state index >= 15 is 0 Å². The van der Waals surface area contributed by atoms with Gasteiger partial charge in [-0.15, -0.1) is 0 Å². The molecule has 1 aliphatic rings. The molecule has 6 atom stereocenters. The van der Waals surface area contributed by atoms with Gasteiger partial charge in [0.2, 0.25) is 0 Å². The molecule has 0 saturated heterocycles. The maximum Gasteiger partial charge on any atom is 0.303 e. The van der Waals surface area contributed by atoms with Gasteiger partial charge >= 0.3 is 5.97 Å². The molecular formula is C30H34O8. The van der Waals surface area contributed by atoms with Gasteiger partial charge in [-0.1, -0.05) is 72.8 Å². The Hall–Kier alpha value is -3.27. The Labute approximate surface area is 222 Å². The van der Waals surface area contributed by atoms with Crippen molar-refractivity contribution < 1.29 is 38.7 Å². The van der Waals surface area contributed by atoms with Gasteiger partial charge in [-0.05, 0) is 28.8 Å². The van der Waals surface area contributed by atoms with Crippen molar-refractivity contribution in [2.45, 2.75) is 63.4 Å². The van der Waals surface area contributed by atoms with Crippen LogP contribution in [0.5, 0.6) is 5.75 Å². The third kappa shape index (κ3) is 7.18. The molecule has 8 heteroatoms. The first-order chi connectivity index (χ1) is 18.5. The molecule has 1 fully saturated rings.